The fraction of sp³-hybridized carbons (Fsp3) is 0.500. The molecule has 2 heterocycles. The van der Waals surface area contributed by atoms with Gasteiger partial charge in [0.05, 0.1) is 11.7 Å². The number of aryl methyl sites for hydroxylation is 2. The molecule has 0 N–H and O–H groups in total. The van der Waals surface area contributed by atoms with E-state index in [-0.39, 0.29) is 0 Å². The van der Waals surface area contributed by atoms with Crippen molar-refractivity contribution in [2.45, 2.75) is 47.1 Å². The highest BCUT2D eigenvalue weighted by atomic mass is 15.0. The minimum atomic E-state index is 0.491. The van der Waals surface area contributed by atoms with Gasteiger partial charge in [0.15, 0.2) is 0 Å². The van der Waals surface area contributed by atoms with Crippen molar-refractivity contribution in [2.75, 3.05) is 0 Å². The molecule has 0 saturated heterocycles. The molecule has 0 amide bonds. The van der Waals surface area contributed by atoms with Gasteiger partial charge in [0.1, 0.15) is 0 Å². The van der Waals surface area contributed by atoms with Crippen LogP contribution in [0.1, 0.15) is 43.8 Å². The Labute approximate surface area is 97.3 Å². The lowest BCUT2D eigenvalue weighted by atomic mass is 10.1. The quantitative estimate of drug-likeness (QED) is 0.746. The third-order valence-electron chi connectivity index (χ3n) is 3.39. The van der Waals surface area contributed by atoms with Crippen LogP contribution in [0.15, 0.2) is 12.3 Å². The van der Waals surface area contributed by atoms with Crippen LogP contribution in [0.5, 0.6) is 0 Å². The van der Waals surface area contributed by atoms with Gasteiger partial charge < -0.3 is 4.57 Å². The van der Waals surface area contributed by atoms with Crippen LogP contribution in [-0.2, 0) is 6.42 Å². The number of rotatable bonds is 2. The summed E-state index contributed by atoms with van der Waals surface area (Å²) in [4.78, 5) is 4.50. The lowest BCUT2D eigenvalue weighted by Crippen LogP contribution is -2.02. The van der Waals surface area contributed by atoms with Crippen molar-refractivity contribution >= 4 is 10.9 Å². The van der Waals surface area contributed by atoms with Gasteiger partial charge in [-0.05, 0) is 45.7 Å². The third-order valence-corrected chi connectivity index (χ3v) is 3.39. The van der Waals surface area contributed by atoms with Gasteiger partial charge in [-0.1, -0.05) is 6.92 Å². The van der Waals surface area contributed by atoms with E-state index < -0.39 is 0 Å². The SMILES string of the molecule is CCc1cc2c(C)c(C)n(C(C)C)c2cn1. The van der Waals surface area contributed by atoms with Gasteiger partial charge in [-0.3, -0.25) is 4.98 Å². The second-order valence-corrected chi connectivity index (χ2v) is 4.72. The molecule has 0 saturated carbocycles. The highest BCUT2D eigenvalue weighted by molar-refractivity contribution is 5.85. The summed E-state index contributed by atoms with van der Waals surface area (Å²) in [5.74, 6) is 0. The maximum Gasteiger partial charge on any atom is 0.0674 e. The highest BCUT2D eigenvalue weighted by Crippen LogP contribution is 2.28. The van der Waals surface area contributed by atoms with Crippen molar-refractivity contribution in [1.29, 1.82) is 0 Å². The topological polar surface area (TPSA) is 17.8 Å². The Morgan fingerprint density at radius 3 is 2.56 bits per heavy atom. The van der Waals surface area contributed by atoms with Crippen LogP contribution >= 0.6 is 0 Å². The molecule has 0 aliphatic heterocycles. The van der Waals surface area contributed by atoms with E-state index in [0.717, 1.165) is 6.42 Å². The smallest absolute Gasteiger partial charge is 0.0674 e. The van der Waals surface area contributed by atoms with E-state index in [0.29, 0.717) is 6.04 Å². The number of fused-ring (bicyclic) bond motifs is 1. The molecule has 86 valence electrons. The van der Waals surface area contributed by atoms with Gasteiger partial charge >= 0.3 is 0 Å². The number of hydrogen-bond acceptors (Lipinski definition) is 1. The van der Waals surface area contributed by atoms with Gasteiger partial charge in [-0.25, -0.2) is 0 Å². The Morgan fingerprint density at radius 2 is 2.00 bits per heavy atom. The first-order valence-corrected chi connectivity index (χ1v) is 6.02. The zero-order valence-corrected chi connectivity index (χ0v) is 10.8. The standard InChI is InChI=1S/C14H20N2/c1-6-12-7-13-10(4)11(5)16(9(2)3)14(13)8-15-12/h7-9H,6H2,1-5H3. The average Bonchev–Trinajstić information content (AvgIpc) is 2.51. The summed E-state index contributed by atoms with van der Waals surface area (Å²) in [6.07, 6.45) is 3.02. The molecule has 2 aromatic heterocycles. The van der Waals surface area contributed by atoms with E-state index in [4.69, 9.17) is 0 Å². The molecule has 0 fully saturated rings. The predicted octanol–water partition coefficient (Wildman–Crippen LogP) is 3.80. The average molecular weight is 216 g/mol. The molecule has 0 atom stereocenters. The van der Waals surface area contributed by atoms with Crippen LogP contribution in [0.25, 0.3) is 10.9 Å². The molecular weight excluding hydrogens is 196 g/mol. The van der Waals surface area contributed by atoms with E-state index in [9.17, 15) is 0 Å². The molecule has 0 aliphatic rings. The van der Waals surface area contributed by atoms with E-state index in [1.807, 2.05) is 6.20 Å². The van der Waals surface area contributed by atoms with Crippen molar-refractivity contribution in [3.8, 4) is 0 Å². The van der Waals surface area contributed by atoms with Crippen LogP contribution in [0.4, 0.5) is 0 Å². The molecule has 2 nitrogen and oxygen atoms in total. The highest BCUT2D eigenvalue weighted by Gasteiger charge is 2.13. The van der Waals surface area contributed by atoms with Gasteiger partial charge in [-0.2, -0.15) is 0 Å². The fourth-order valence-corrected chi connectivity index (χ4v) is 2.40. The molecule has 0 aliphatic carbocycles. The first-order valence-electron chi connectivity index (χ1n) is 6.02. The molecular formula is C14H20N2. The summed E-state index contributed by atoms with van der Waals surface area (Å²) in [5.41, 5.74) is 5.19. The predicted molar refractivity (Wildman–Crippen MR) is 69.0 cm³/mol. The van der Waals surface area contributed by atoms with Crippen molar-refractivity contribution in [2.24, 2.45) is 0 Å². The summed E-state index contributed by atoms with van der Waals surface area (Å²) in [7, 11) is 0. The Morgan fingerprint density at radius 1 is 1.31 bits per heavy atom. The van der Waals surface area contributed by atoms with Gasteiger partial charge in [0.2, 0.25) is 0 Å². The first-order chi connectivity index (χ1) is 7.56. The summed E-state index contributed by atoms with van der Waals surface area (Å²) in [6, 6.07) is 2.72. The van der Waals surface area contributed by atoms with Crippen molar-refractivity contribution < 1.29 is 0 Å². The van der Waals surface area contributed by atoms with Crippen molar-refractivity contribution in [1.82, 2.24) is 9.55 Å². The molecule has 2 heteroatoms. The van der Waals surface area contributed by atoms with Gasteiger partial charge in [0.25, 0.3) is 0 Å². The van der Waals surface area contributed by atoms with Crippen LogP contribution in [0, 0.1) is 13.8 Å². The lowest BCUT2D eigenvalue weighted by Gasteiger charge is -2.12. The summed E-state index contributed by atoms with van der Waals surface area (Å²) < 4.78 is 2.37. The zero-order chi connectivity index (χ0) is 11.9. The second-order valence-electron chi connectivity index (χ2n) is 4.72. The third kappa shape index (κ3) is 1.53. The number of nitrogens with zero attached hydrogens (tertiary/aromatic N) is 2. The number of hydrogen-bond donors (Lipinski definition) is 0. The minimum Gasteiger partial charge on any atom is -0.341 e. The molecule has 0 aromatic carbocycles. The molecule has 16 heavy (non-hydrogen) atoms. The van der Waals surface area contributed by atoms with Crippen LogP contribution in [0.3, 0.4) is 0 Å². The molecule has 2 aromatic rings. The van der Waals surface area contributed by atoms with E-state index in [1.54, 1.807) is 0 Å². The Kier molecular flexibility index (Phi) is 2.75. The normalized spacial score (nSPS) is 11.6. The Bertz CT molecular complexity index is 521. The Balaban J connectivity index is 2.79. The van der Waals surface area contributed by atoms with E-state index in [2.05, 4.69) is 50.2 Å². The zero-order valence-electron chi connectivity index (χ0n) is 10.8. The largest absolute Gasteiger partial charge is 0.341 e. The first kappa shape index (κ1) is 11.2. The van der Waals surface area contributed by atoms with Gasteiger partial charge in [0, 0.05) is 22.8 Å². The molecule has 0 unspecified atom stereocenters. The summed E-state index contributed by atoms with van der Waals surface area (Å²) in [5, 5.41) is 1.36. The monoisotopic (exact) mass is 216 g/mol. The van der Waals surface area contributed by atoms with Crippen LogP contribution < -0.4 is 0 Å². The summed E-state index contributed by atoms with van der Waals surface area (Å²) in [6.45, 7) is 11.0. The fourth-order valence-electron chi connectivity index (χ4n) is 2.40. The van der Waals surface area contributed by atoms with Crippen molar-refractivity contribution in [3.63, 3.8) is 0 Å². The molecule has 2 rings (SSSR count). The number of pyridine rings is 1. The number of aromatic nitrogens is 2. The maximum atomic E-state index is 4.50. The van der Waals surface area contributed by atoms with Crippen molar-refractivity contribution in [3.05, 3.63) is 29.2 Å². The second kappa shape index (κ2) is 3.93. The van der Waals surface area contributed by atoms with E-state index in [1.165, 1.54) is 27.9 Å². The van der Waals surface area contributed by atoms with Crippen LogP contribution in [-0.4, -0.2) is 9.55 Å². The molecule has 0 spiro atoms. The maximum absolute atomic E-state index is 4.50. The van der Waals surface area contributed by atoms with E-state index >= 15 is 0 Å². The minimum absolute atomic E-state index is 0.491. The molecule has 0 radical (unpaired) electrons. The Hall–Kier alpha value is -1.31. The van der Waals surface area contributed by atoms with Crippen LogP contribution in [0.2, 0.25) is 0 Å². The molecule has 0 bridgehead atoms. The summed E-state index contributed by atoms with van der Waals surface area (Å²) >= 11 is 0. The van der Waals surface area contributed by atoms with Gasteiger partial charge in [-0.15, -0.1) is 0 Å². The lowest BCUT2D eigenvalue weighted by molar-refractivity contribution is 0.605.